The zero-order valence-corrected chi connectivity index (χ0v) is 18.9. The fraction of sp³-hybridized carbons (Fsp3) is 0.250. The molecule has 1 N–H and O–H groups in total. The Morgan fingerprint density at radius 3 is 2.79 bits per heavy atom. The molecule has 2 aromatic heterocycles. The number of amides is 1. The predicted molar refractivity (Wildman–Crippen MR) is 125 cm³/mol. The maximum absolute atomic E-state index is 13.5. The molecule has 6 rings (SSSR count). The van der Waals surface area contributed by atoms with Crippen LogP contribution in [-0.4, -0.2) is 62.1 Å². The highest BCUT2D eigenvalue weighted by molar-refractivity contribution is 7.98. The van der Waals surface area contributed by atoms with Crippen molar-refractivity contribution >= 4 is 17.7 Å². The molecule has 0 unspecified atom stereocenters. The van der Waals surface area contributed by atoms with Crippen molar-refractivity contribution in [1.29, 1.82) is 0 Å². The van der Waals surface area contributed by atoms with Crippen molar-refractivity contribution in [3.05, 3.63) is 65.6 Å². The van der Waals surface area contributed by atoms with E-state index in [1.54, 1.807) is 11.8 Å². The average molecular weight is 459 g/mol. The molecule has 8 nitrogen and oxygen atoms in total. The minimum atomic E-state index is -0.0333. The zero-order chi connectivity index (χ0) is 22.4. The molecule has 2 aliphatic rings. The summed E-state index contributed by atoms with van der Waals surface area (Å²) in [5, 5.41) is 12.1. The summed E-state index contributed by atoms with van der Waals surface area (Å²) in [7, 11) is 0. The van der Waals surface area contributed by atoms with Crippen LogP contribution in [0.15, 0.2) is 53.4 Å². The van der Waals surface area contributed by atoms with Gasteiger partial charge in [-0.25, -0.2) is 9.67 Å². The number of nitrogens with zero attached hydrogens (tertiary/aromatic N) is 5. The van der Waals surface area contributed by atoms with E-state index in [1.807, 2.05) is 52.9 Å². The molecular weight excluding hydrogens is 436 g/mol. The van der Waals surface area contributed by atoms with E-state index in [0.29, 0.717) is 43.6 Å². The minimum absolute atomic E-state index is 0.0333. The molecule has 0 saturated carbocycles. The molecule has 9 heteroatoms. The molecular formula is C24H22N6O2S. The number of fused-ring (bicyclic) bond motifs is 3. The number of aromatic amines is 1. The minimum Gasteiger partial charge on any atom is -0.378 e. The highest BCUT2D eigenvalue weighted by Crippen LogP contribution is 2.44. The summed E-state index contributed by atoms with van der Waals surface area (Å²) in [5.74, 6) is 2.07. The number of H-pyrrole nitrogens is 1. The molecule has 0 atom stereocenters. The standard InChI is InChI=1S/C24H22N6O2S/c1-15-25-23(27-26-15)16-5-4-6-17(13-16)30-22-18-7-2-3-8-20(18)33-14-19(22)21(28-30)24(31)29-9-11-32-12-10-29/h2-8,13H,9-12,14H2,1H3,(H,25,26,27). The molecule has 2 aliphatic heterocycles. The van der Waals surface area contributed by atoms with Crippen LogP contribution in [0.1, 0.15) is 21.9 Å². The lowest BCUT2D eigenvalue weighted by Crippen LogP contribution is -2.41. The van der Waals surface area contributed by atoms with E-state index in [1.165, 1.54) is 4.90 Å². The van der Waals surface area contributed by atoms with Crippen molar-refractivity contribution in [2.45, 2.75) is 17.6 Å². The fourth-order valence-corrected chi connectivity index (χ4v) is 5.39. The van der Waals surface area contributed by atoms with E-state index in [2.05, 4.69) is 27.3 Å². The lowest BCUT2D eigenvalue weighted by Gasteiger charge is -2.26. The second-order valence-corrected chi connectivity index (χ2v) is 9.09. The third-order valence-electron chi connectivity index (χ3n) is 5.94. The number of nitrogens with one attached hydrogen (secondary N) is 1. The van der Waals surface area contributed by atoms with Gasteiger partial charge in [0.05, 0.1) is 24.6 Å². The normalized spacial score (nSPS) is 15.2. The number of aryl methyl sites for hydroxylation is 1. The van der Waals surface area contributed by atoms with Crippen LogP contribution in [0.3, 0.4) is 0 Å². The third-order valence-corrected chi connectivity index (χ3v) is 7.04. The van der Waals surface area contributed by atoms with Crippen molar-refractivity contribution < 1.29 is 9.53 Å². The Labute approximate surface area is 195 Å². The highest BCUT2D eigenvalue weighted by atomic mass is 32.2. The molecule has 0 radical (unpaired) electrons. The predicted octanol–water partition coefficient (Wildman–Crippen LogP) is 3.71. The lowest BCUT2D eigenvalue weighted by atomic mass is 10.0. The molecule has 33 heavy (non-hydrogen) atoms. The first-order chi connectivity index (χ1) is 16.2. The van der Waals surface area contributed by atoms with Gasteiger partial charge in [-0.1, -0.05) is 30.3 Å². The molecule has 0 bridgehead atoms. The van der Waals surface area contributed by atoms with Gasteiger partial charge in [0.25, 0.3) is 5.91 Å². The third kappa shape index (κ3) is 3.53. The van der Waals surface area contributed by atoms with Crippen molar-refractivity contribution in [3.63, 3.8) is 0 Å². The van der Waals surface area contributed by atoms with Crippen molar-refractivity contribution in [1.82, 2.24) is 29.9 Å². The largest absolute Gasteiger partial charge is 0.378 e. The summed E-state index contributed by atoms with van der Waals surface area (Å²) in [6.45, 7) is 4.17. The second kappa shape index (κ2) is 8.17. The first-order valence-corrected chi connectivity index (χ1v) is 11.9. The molecule has 1 saturated heterocycles. The molecule has 4 aromatic rings. The molecule has 0 aliphatic carbocycles. The number of hydrogen-bond donors (Lipinski definition) is 1. The van der Waals surface area contributed by atoms with Crippen LogP contribution in [0.2, 0.25) is 0 Å². The molecule has 0 spiro atoms. The number of hydrogen-bond acceptors (Lipinski definition) is 6. The van der Waals surface area contributed by atoms with Gasteiger partial charge in [0, 0.05) is 40.4 Å². The molecule has 166 valence electrons. The van der Waals surface area contributed by atoms with Crippen molar-refractivity contribution in [2.75, 3.05) is 26.3 Å². The smallest absolute Gasteiger partial charge is 0.274 e. The molecule has 1 fully saturated rings. The van der Waals surface area contributed by atoms with Gasteiger partial charge < -0.3 is 9.64 Å². The summed E-state index contributed by atoms with van der Waals surface area (Å²) < 4.78 is 7.35. The first kappa shape index (κ1) is 20.2. The summed E-state index contributed by atoms with van der Waals surface area (Å²) in [5.41, 5.74) is 5.33. The number of aromatic nitrogens is 5. The van der Waals surface area contributed by atoms with Crippen LogP contribution >= 0.6 is 11.8 Å². The van der Waals surface area contributed by atoms with Crippen LogP contribution in [-0.2, 0) is 10.5 Å². The van der Waals surface area contributed by atoms with E-state index < -0.39 is 0 Å². The number of morpholine rings is 1. The van der Waals surface area contributed by atoms with Gasteiger partial charge in [-0.05, 0) is 25.1 Å². The summed E-state index contributed by atoms with van der Waals surface area (Å²) in [6, 6.07) is 16.3. The SMILES string of the molecule is Cc1nc(-c2cccc(-n3nc(C(=O)N4CCOCC4)c4c3-c3ccccc3SC4)c2)n[nH]1. The van der Waals surface area contributed by atoms with E-state index >= 15 is 0 Å². The summed E-state index contributed by atoms with van der Waals surface area (Å²) in [6.07, 6.45) is 0. The molecule has 4 heterocycles. The number of carbonyl (C=O) groups is 1. The summed E-state index contributed by atoms with van der Waals surface area (Å²) in [4.78, 5) is 21.0. The Morgan fingerprint density at radius 1 is 1.12 bits per heavy atom. The summed E-state index contributed by atoms with van der Waals surface area (Å²) >= 11 is 1.75. The number of ether oxygens (including phenoxy) is 1. The van der Waals surface area contributed by atoms with Gasteiger partial charge in [-0.15, -0.1) is 11.8 Å². The lowest BCUT2D eigenvalue weighted by molar-refractivity contribution is 0.0298. The van der Waals surface area contributed by atoms with Crippen molar-refractivity contribution in [2.24, 2.45) is 0 Å². The van der Waals surface area contributed by atoms with Crippen LogP contribution in [0.4, 0.5) is 0 Å². The van der Waals surface area contributed by atoms with Gasteiger partial charge in [0.15, 0.2) is 11.5 Å². The Morgan fingerprint density at radius 2 is 1.97 bits per heavy atom. The Hall–Kier alpha value is -3.43. The average Bonchev–Trinajstić information content (AvgIpc) is 3.48. The van der Waals surface area contributed by atoms with Gasteiger partial charge in [0.1, 0.15) is 5.82 Å². The highest BCUT2D eigenvalue weighted by Gasteiger charge is 2.32. The number of carbonyl (C=O) groups excluding carboxylic acids is 1. The van der Waals surface area contributed by atoms with Gasteiger partial charge in [0.2, 0.25) is 0 Å². The zero-order valence-electron chi connectivity index (χ0n) is 18.1. The van der Waals surface area contributed by atoms with Crippen LogP contribution in [0, 0.1) is 6.92 Å². The van der Waals surface area contributed by atoms with Gasteiger partial charge in [-0.3, -0.25) is 9.89 Å². The quantitative estimate of drug-likeness (QED) is 0.504. The van der Waals surface area contributed by atoms with Crippen LogP contribution < -0.4 is 0 Å². The molecule has 1 amide bonds. The van der Waals surface area contributed by atoms with Gasteiger partial charge in [-0.2, -0.15) is 10.2 Å². The first-order valence-electron chi connectivity index (χ1n) is 10.9. The second-order valence-electron chi connectivity index (χ2n) is 8.07. The molecule has 2 aromatic carbocycles. The van der Waals surface area contributed by atoms with E-state index in [4.69, 9.17) is 9.84 Å². The van der Waals surface area contributed by atoms with E-state index in [0.717, 1.165) is 33.9 Å². The maximum Gasteiger partial charge on any atom is 0.274 e. The van der Waals surface area contributed by atoms with Crippen LogP contribution in [0.25, 0.3) is 28.3 Å². The Kier molecular flexibility index (Phi) is 5.00. The number of rotatable bonds is 3. The van der Waals surface area contributed by atoms with E-state index in [9.17, 15) is 4.79 Å². The van der Waals surface area contributed by atoms with Crippen molar-refractivity contribution in [3.8, 4) is 28.3 Å². The Bertz CT molecular complexity index is 1350. The maximum atomic E-state index is 13.5. The monoisotopic (exact) mass is 458 g/mol. The van der Waals surface area contributed by atoms with E-state index in [-0.39, 0.29) is 5.91 Å². The fourth-order valence-electron chi connectivity index (χ4n) is 4.33. The van der Waals surface area contributed by atoms with Crippen LogP contribution in [0.5, 0.6) is 0 Å². The van der Waals surface area contributed by atoms with Gasteiger partial charge >= 0.3 is 0 Å². The topological polar surface area (TPSA) is 88.9 Å². The number of thioether (sulfide) groups is 1. The number of benzene rings is 2. The Balaban J connectivity index is 1.51.